The van der Waals surface area contributed by atoms with Crippen molar-refractivity contribution >= 4 is 11.5 Å². The van der Waals surface area contributed by atoms with Crippen LogP contribution in [0.4, 0.5) is 14.6 Å². The lowest BCUT2D eigenvalue weighted by molar-refractivity contribution is 0.177. The summed E-state index contributed by atoms with van der Waals surface area (Å²) >= 11 is 0. The van der Waals surface area contributed by atoms with Crippen molar-refractivity contribution in [3.05, 3.63) is 53.7 Å². The van der Waals surface area contributed by atoms with Gasteiger partial charge in [-0.25, -0.2) is 13.8 Å². The number of anilines is 1. The third-order valence-corrected chi connectivity index (χ3v) is 6.37. The summed E-state index contributed by atoms with van der Waals surface area (Å²) in [6.45, 7) is 5.51. The van der Waals surface area contributed by atoms with E-state index >= 15 is 0 Å². The number of rotatable bonds is 6. The summed E-state index contributed by atoms with van der Waals surface area (Å²) in [5, 5.41) is 20.4. The van der Waals surface area contributed by atoms with Gasteiger partial charge in [-0.05, 0) is 79.5 Å². The fourth-order valence-electron chi connectivity index (χ4n) is 4.54. The maximum absolute atomic E-state index is 14.4. The Morgan fingerprint density at radius 3 is 2.79 bits per heavy atom. The number of halogens is 2. The van der Waals surface area contributed by atoms with E-state index in [1.807, 2.05) is 0 Å². The van der Waals surface area contributed by atoms with E-state index in [4.69, 9.17) is 5.73 Å². The zero-order valence-corrected chi connectivity index (χ0v) is 18.8. The minimum absolute atomic E-state index is 0.0338. The van der Waals surface area contributed by atoms with Crippen LogP contribution in [0.3, 0.4) is 0 Å². The molecule has 2 N–H and O–H groups in total. The number of nitrogens with two attached hydrogens (primary N) is 1. The standard InChI is InChI=1S/C23H25F2N9/c1-2-8-33-9-6-14(7-10-33)18-12-19(29-28-18)15-11-16(22(26)27-13-15)23-30-31-32-34(23)20-5-3-4-17(24)21(20)25/h3-5,11-14,18H,2,6-10H2,1H3,(H2,26,27). The van der Waals surface area contributed by atoms with Crippen LogP contribution in [0.1, 0.15) is 31.7 Å². The van der Waals surface area contributed by atoms with Crippen LogP contribution < -0.4 is 5.73 Å². The molecule has 3 aromatic rings. The molecule has 1 unspecified atom stereocenters. The SMILES string of the molecule is CCCN1CCC(C2C=C(c3cnc(N)c(-c4nnnn4-c4cccc(F)c4F)c3)N=N2)CC1. The van der Waals surface area contributed by atoms with Gasteiger partial charge in [-0.1, -0.05) is 13.0 Å². The Labute approximate surface area is 195 Å². The first-order valence-electron chi connectivity index (χ1n) is 11.4. The van der Waals surface area contributed by atoms with Gasteiger partial charge in [-0.15, -0.1) is 5.10 Å². The van der Waals surface area contributed by atoms with Gasteiger partial charge >= 0.3 is 0 Å². The van der Waals surface area contributed by atoms with Crippen molar-refractivity contribution in [3.63, 3.8) is 0 Å². The molecule has 0 amide bonds. The number of likely N-dealkylation sites (tertiary alicyclic amines) is 1. The molecule has 1 saturated heterocycles. The summed E-state index contributed by atoms with van der Waals surface area (Å²) in [5.41, 5.74) is 7.77. The predicted octanol–water partition coefficient (Wildman–Crippen LogP) is 3.88. The molecule has 11 heteroatoms. The van der Waals surface area contributed by atoms with Gasteiger partial charge in [-0.2, -0.15) is 14.9 Å². The Hall–Kier alpha value is -3.60. The molecule has 0 aliphatic carbocycles. The van der Waals surface area contributed by atoms with Crippen molar-refractivity contribution in [1.29, 1.82) is 0 Å². The second kappa shape index (κ2) is 9.34. The Bertz CT molecular complexity index is 1240. The second-order valence-corrected chi connectivity index (χ2v) is 8.58. The van der Waals surface area contributed by atoms with Crippen molar-refractivity contribution in [2.75, 3.05) is 25.4 Å². The van der Waals surface area contributed by atoms with Crippen molar-refractivity contribution < 1.29 is 8.78 Å². The number of pyridine rings is 1. The van der Waals surface area contributed by atoms with E-state index in [9.17, 15) is 8.78 Å². The number of nitrogens with zero attached hydrogens (tertiary/aromatic N) is 8. The number of benzene rings is 1. The highest BCUT2D eigenvalue weighted by molar-refractivity contribution is 5.76. The number of hydrogen-bond donors (Lipinski definition) is 1. The van der Waals surface area contributed by atoms with Gasteiger partial charge in [0.1, 0.15) is 11.5 Å². The van der Waals surface area contributed by atoms with Crippen LogP contribution in [0.25, 0.3) is 22.8 Å². The molecular weight excluding hydrogens is 440 g/mol. The fraction of sp³-hybridized carbons (Fsp3) is 0.391. The molecule has 34 heavy (non-hydrogen) atoms. The normalized spacial score (nSPS) is 19.0. The summed E-state index contributed by atoms with van der Waals surface area (Å²) in [6, 6.07) is 5.58. The highest BCUT2D eigenvalue weighted by atomic mass is 19.2. The van der Waals surface area contributed by atoms with E-state index in [1.165, 1.54) is 18.6 Å². The molecule has 0 radical (unpaired) electrons. The van der Waals surface area contributed by atoms with Crippen molar-refractivity contribution in [2.45, 2.75) is 32.2 Å². The lowest BCUT2D eigenvalue weighted by Crippen LogP contribution is -2.37. The van der Waals surface area contributed by atoms with Crippen LogP contribution in [0.5, 0.6) is 0 Å². The minimum Gasteiger partial charge on any atom is -0.383 e. The van der Waals surface area contributed by atoms with Crippen LogP contribution in [-0.2, 0) is 0 Å². The number of azo groups is 1. The van der Waals surface area contributed by atoms with Gasteiger partial charge in [0.25, 0.3) is 0 Å². The zero-order chi connectivity index (χ0) is 23.7. The summed E-state index contributed by atoms with van der Waals surface area (Å²) < 4.78 is 29.3. The minimum atomic E-state index is -1.06. The molecular formula is C23H25F2N9. The molecule has 0 spiro atoms. The van der Waals surface area contributed by atoms with E-state index in [1.54, 1.807) is 12.3 Å². The lowest BCUT2D eigenvalue weighted by Gasteiger charge is -2.32. The molecule has 176 valence electrons. The number of piperidine rings is 1. The molecule has 1 fully saturated rings. The van der Waals surface area contributed by atoms with Gasteiger partial charge < -0.3 is 10.6 Å². The average molecular weight is 466 g/mol. The smallest absolute Gasteiger partial charge is 0.190 e. The summed E-state index contributed by atoms with van der Waals surface area (Å²) in [5.74, 6) is -1.29. The molecule has 0 saturated carbocycles. The number of nitrogen functional groups attached to an aromatic ring is 1. The first-order chi connectivity index (χ1) is 16.5. The maximum atomic E-state index is 14.4. The van der Waals surface area contributed by atoms with Crippen LogP contribution in [-0.4, -0.2) is 55.8 Å². The highest BCUT2D eigenvalue weighted by Crippen LogP contribution is 2.34. The third kappa shape index (κ3) is 4.18. The molecule has 2 aromatic heterocycles. The molecule has 1 atom stereocenters. The van der Waals surface area contributed by atoms with Crippen LogP contribution in [0, 0.1) is 17.6 Å². The van der Waals surface area contributed by atoms with Crippen molar-refractivity contribution in [1.82, 2.24) is 30.1 Å². The Kier molecular flexibility index (Phi) is 6.10. The lowest BCUT2D eigenvalue weighted by atomic mass is 9.89. The van der Waals surface area contributed by atoms with E-state index in [-0.39, 0.29) is 23.4 Å². The Morgan fingerprint density at radius 1 is 1.18 bits per heavy atom. The van der Waals surface area contributed by atoms with E-state index < -0.39 is 11.6 Å². The largest absolute Gasteiger partial charge is 0.383 e. The molecule has 9 nitrogen and oxygen atoms in total. The third-order valence-electron chi connectivity index (χ3n) is 6.37. The molecule has 1 aromatic carbocycles. The van der Waals surface area contributed by atoms with E-state index in [2.05, 4.69) is 48.6 Å². The summed E-state index contributed by atoms with van der Waals surface area (Å²) in [6.07, 6.45) is 7.03. The highest BCUT2D eigenvalue weighted by Gasteiger charge is 2.28. The van der Waals surface area contributed by atoms with E-state index in [0.717, 1.165) is 43.2 Å². The van der Waals surface area contributed by atoms with Gasteiger partial charge in [-0.3, -0.25) is 0 Å². The van der Waals surface area contributed by atoms with Crippen LogP contribution in [0.15, 0.2) is 46.8 Å². The average Bonchev–Trinajstić information content (AvgIpc) is 3.52. The first-order valence-corrected chi connectivity index (χ1v) is 11.4. The van der Waals surface area contributed by atoms with Gasteiger partial charge in [0.05, 0.1) is 17.3 Å². The number of aromatic nitrogens is 5. The zero-order valence-electron chi connectivity index (χ0n) is 18.8. The Balaban J connectivity index is 1.41. The fourth-order valence-corrected chi connectivity index (χ4v) is 4.54. The Morgan fingerprint density at radius 2 is 2.00 bits per heavy atom. The first kappa shape index (κ1) is 22.2. The molecule has 0 bridgehead atoms. The predicted molar refractivity (Wildman–Crippen MR) is 123 cm³/mol. The molecule has 2 aliphatic heterocycles. The van der Waals surface area contributed by atoms with Crippen molar-refractivity contribution in [3.8, 4) is 17.1 Å². The summed E-state index contributed by atoms with van der Waals surface area (Å²) in [7, 11) is 0. The van der Waals surface area contributed by atoms with Gasteiger partial charge in [0.15, 0.2) is 17.5 Å². The van der Waals surface area contributed by atoms with Crippen molar-refractivity contribution in [2.24, 2.45) is 16.1 Å². The van der Waals surface area contributed by atoms with E-state index in [0.29, 0.717) is 22.7 Å². The van der Waals surface area contributed by atoms with Gasteiger partial charge in [0, 0.05) is 11.8 Å². The van der Waals surface area contributed by atoms with Gasteiger partial charge in [0.2, 0.25) is 0 Å². The second-order valence-electron chi connectivity index (χ2n) is 8.58. The number of tetrazole rings is 1. The summed E-state index contributed by atoms with van der Waals surface area (Å²) in [4.78, 5) is 6.77. The van der Waals surface area contributed by atoms with Crippen LogP contribution in [0.2, 0.25) is 0 Å². The maximum Gasteiger partial charge on any atom is 0.190 e. The number of hydrogen-bond acceptors (Lipinski definition) is 8. The van der Waals surface area contributed by atoms with Crippen LogP contribution >= 0.6 is 0 Å². The molecule has 2 aliphatic rings. The monoisotopic (exact) mass is 465 g/mol. The topological polar surface area (TPSA) is 110 Å². The molecule has 5 rings (SSSR count). The quantitative estimate of drug-likeness (QED) is 0.592. The molecule has 4 heterocycles.